The Hall–Kier alpha value is -1.87. The zero-order chi connectivity index (χ0) is 22.5. The number of rotatable bonds is 5. The number of H-pyrrole nitrogens is 1. The van der Waals surface area contributed by atoms with E-state index in [1.165, 1.54) is 0 Å². The van der Waals surface area contributed by atoms with Gasteiger partial charge in [0.2, 0.25) is 5.91 Å². The lowest BCUT2D eigenvalue weighted by molar-refractivity contribution is -0.164. The third-order valence-electron chi connectivity index (χ3n) is 7.63. The molecule has 3 aliphatic rings. The third kappa shape index (κ3) is 3.87. The highest BCUT2D eigenvalue weighted by Gasteiger charge is 2.50. The summed E-state index contributed by atoms with van der Waals surface area (Å²) in [4.78, 5) is 14.4. The molecule has 1 amide bonds. The quantitative estimate of drug-likeness (QED) is 0.711. The van der Waals surface area contributed by atoms with Crippen LogP contribution in [0, 0.1) is 11.8 Å². The van der Waals surface area contributed by atoms with Gasteiger partial charge in [-0.15, -0.1) is 0 Å². The molecule has 174 valence electrons. The van der Waals surface area contributed by atoms with Gasteiger partial charge in [-0.3, -0.25) is 14.1 Å². The number of benzene rings is 1. The monoisotopic (exact) mass is 465 g/mol. The Kier molecular flexibility index (Phi) is 5.82. The van der Waals surface area contributed by atoms with Crippen molar-refractivity contribution >= 4 is 27.6 Å². The van der Waals surface area contributed by atoms with Gasteiger partial charge in [-0.05, 0) is 61.6 Å². The van der Waals surface area contributed by atoms with E-state index in [1.807, 2.05) is 6.07 Å². The Morgan fingerprint density at radius 1 is 1.25 bits per heavy atom. The fraction of sp³-hybridized carbons (Fsp3) is 0.652. The first-order valence-electron chi connectivity index (χ1n) is 11.5. The number of nitrogens with one attached hydrogen (secondary N) is 1. The number of aliphatic hydroxyl groups excluding tert-OH is 1. The van der Waals surface area contributed by atoms with Gasteiger partial charge in [0.25, 0.3) is 5.92 Å². The van der Waals surface area contributed by atoms with Gasteiger partial charge in [0.05, 0.1) is 11.7 Å². The first-order valence-corrected chi connectivity index (χ1v) is 13.0. The molecule has 6 nitrogen and oxygen atoms in total. The molecule has 2 N–H and O–H groups in total. The summed E-state index contributed by atoms with van der Waals surface area (Å²) >= 11 is 0. The van der Waals surface area contributed by atoms with Crippen molar-refractivity contribution < 1.29 is 22.9 Å². The number of piperidine rings is 1. The molecule has 3 heterocycles. The number of halogens is 2. The number of hydrogen-bond acceptors (Lipinski definition) is 4. The number of fused-ring (bicyclic) bond motifs is 2. The summed E-state index contributed by atoms with van der Waals surface area (Å²) < 4.78 is 42.5. The van der Waals surface area contributed by atoms with Crippen molar-refractivity contribution in [2.24, 2.45) is 11.8 Å². The third-order valence-corrected chi connectivity index (χ3v) is 9.01. The molecule has 0 bridgehead atoms. The molecule has 0 saturated carbocycles. The second-order valence-corrected chi connectivity index (χ2v) is 11.2. The number of alkyl halides is 2. The van der Waals surface area contributed by atoms with Gasteiger partial charge in [0.1, 0.15) is 6.10 Å². The van der Waals surface area contributed by atoms with Crippen LogP contribution in [0.3, 0.4) is 0 Å². The number of aromatic amines is 1. The highest BCUT2D eigenvalue weighted by molar-refractivity contribution is 7.85. The first-order chi connectivity index (χ1) is 15.3. The molecule has 1 atom stereocenters. The molecule has 1 aromatic carbocycles. The molecular formula is C23H29F2N3O3S. The predicted molar refractivity (Wildman–Crippen MR) is 118 cm³/mol. The Morgan fingerprint density at radius 3 is 2.62 bits per heavy atom. The van der Waals surface area contributed by atoms with Gasteiger partial charge in [-0.1, -0.05) is 0 Å². The van der Waals surface area contributed by atoms with Gasteiger partial charge < -0.3 is 10.0 Å². The molecule has 1 aliphatic carbocycles. The van der Waals surface area contributed by atoms with Crippen molar-refractivity contribution in [3.05, 3.63) is 29.0 Å². The van der Waals surface area contributed by atoms with E-state index in [9.17, 15) is 14.1 Å². The number of aliphatic hydroxyl groups is 1. The van der Waals surface area contributed by atoms with Crippen LogP contribution in [0.5, 0.6) is 0 Å². The summed E-state index contributed by atoms with van der Waals surface area (Å²) in [6.07, 6.45) is 3.58. The Morgan fingerprint density at radius 2 is 1.97 bits per heavy atom. The predicted octanol–water partition coefficient (Wildman–Crippen LogP) is 3.12. The van der Waals surface area contributed by atoms with Crippen molar-refractivity contribution in [2.75, 3.05) is 24.6 Å². The van der Waals surface area contributed by atoms with Gasteiger partial charge in [0, 0.05) is 58.7 Å². The van der Waals surface area contributed by atoms with Crippen molar-refractivity contribution in [2.45, 2.75) is 57.0 Å². The van der Waals surface area contributed by atoms with E-state index in [4.69, 9.17) is 0 Å². The maximum absolute atomic E-state index is 15.5. The van der Waals surface area contributed by atoms with Gasteiger partial charge in [-0.2, -0.15) is 5.10 Å². The van der Waals surface area contributed by atoms with Crippen LogP contribution in [0.1, 0.15) is 54.9 Å². The van der Waals surface area contributed by atoms with E-state index in [0.717, 1.165) is 35.8 Å². The summed E-state index contributed by atoms with van der Waals surface area (Å²) in [5.74, 6) is -2.71. The van der Waals surface area contributed by atoms with Crippen LogP contribution < -0.4 is 0 Å². The van der Waals surface area contributed by atoms with E-state index in [0.29, 0.717) is 35.4 Å². The van der Waals surface area contributed by atoms with E-state index < -0.39 is 28.7 Å². The molecule has 0 spiro atoms. The second kappa shape index (κ2) is 8.48. The number of amides is 1. The summed E-state index contributed by atoms with van der Waals surface area (Å²) in [6, 6.07) is 1.96. The largest absolute Gasteiger partial charge is 0.382 e. The van der Waals surface area contributed by atoms with Gasteiger partial charge in [0.15, 0.2) is 0 Å². The molecule has 2 aromatic rings. The van der Waals surface area contributed by atoms with Crippen molar-refractivity contribution in [3.63, 3.8) is 0 Å². The topological polar surface area (TPSA) is 86.3 Å². The molecule has 32 heavy (non-hydrogen) atoms. The van der Waals surface area contributed by atoms with Crippen molar-refractivity contribution in [3.8, 4) is 0 Å². The number of nitrogens with zero attached hydrogens (tertiary/aromatic N) is 2. The minimum absolute atomic E-state index is 0.00792. The average Bonchev–Trinajstić information content (AvgIpc) is 3.24. The van der Waals surface area contributed by atoms with Crippen LogP contribution in [0.25, 0.3) is 10.9 Å². The maximum atomic E-state index is 15.5. The first kappa shape index (κ1) is 21.9. The summed E-state index contributed by atoms with van der Waals surface area (Å²) in [6.45, 7) is 0.577. The lowest BCUT2D eigenvalue weighted by Gasteiger charge is -2.39. The number of carbonyl (C=O) groups is 1. The highest BCUT2D eigenvalue weighted by atomic mass is 32.2. The smallest absolute Gasteiger partial charge is 0.280 e. The maximum Gasteiger partial charge on any atom is 0.280 e. The van der Waals surface area contributed by atoms with Crippen LogP contribution in [0.15, 0.2) is 12.3 Å². The second-order valence-electron chi connectivity index (χ2n) is 9.49. The Balaban J connectivity index is 1.24. The summed E-state index contributed by atoms with van der Waals surface area (Å²) in [7, 11) is -0.759. The van der Waals surface area contributed by atoms with Gasteiger partial charge >= 0.3 is 0 Å². The van der Waals surface area contributed by atoms with Crippen LogP contribution in [0.4, 0.5) is 8.78 Å². The lowest BCUT2D eigenvalue weighted by atomic mass is 9.77. The zero-order valence-electron chi connectivity index (χ0n) is 18.0. The molecule has 9 heteroatoms. The summed E-state index contributed by atoms with van der Waals surface area (Å²) in [5, 5.41) is 18.4. The van der Waals surface area contributed by atoms with Crippen LogP contribution in [0.2, 0.25) is 0 Å². The minimum atomic E-state index is -3.29. The van der Waals surface area contributed by atoms with E-state index in [2.05, 4.69) is 10.2 Å². The number of hydrogen-bond donors (Lipinski definition) is 2. The molecule has 1 aromatic heterocycles. The average molecular weight is 466 g/mol. The van der Waals surface area contributed by atoms with Crippen LogP contribution in [-0.4, -0.2) is 60.8 Å². The number of carbonyl (C=O) groups excluding carboxylic acids is 1. The Bertz CT molecular complexity index is 1040. The van der Waals surface area contributed by atoms with Crippen LogP contribution >= 0.6 is 0 Å². The molecular weight excluding hydrogens is 436 g/mol. The number of likely N-dealkylation sites (tertiary alicyclic amines) is 1. The van der Waals surface area contributed by atoms with E-state index >= 15 is 8.78 Å². The normalized spacial score (nSPS) is 25.4. The SMILES string of the molecule is O=C(CC1CCS(=O)CC1)N1CCC(C(F)(F)C(O)c2c3c(cc4cn[nH]c24)CC3)CC1. The molecule has 2 fully saturated rings. The van der Waals surface area contributed by atoms with Crippen LogP contribution in [-0.2, 0) is 28.4 Å². The standard InChI is InChI=1S/C23H29F2N3O3S/c24-23(25,22(30)20-18-2-1-15(18)12-16-13-26-27-21(16)20)17-3-7-28(8-4-17)19(29)11-14-5-9-32(31)10-6-14/h12-14,17,22,30H,1-11H2,(H,26,27). The van der Waals surface area contributed by atoms with Crippen molar-refractivity contribution in [1.29, 1.82) is 0 Å². The molecule has 2 saturated heterocycles. The fourth-order valence-electron chi connectivity index (χ4n) is 5.47. The summed E-state index contributed by atoms with van der Waals surface area (Å²) in [5.41, 5.74) is 2.61. The molecule has 5 rings (SSSR count). The molecule has 2 aliphatic heterocycles. The lowest BCUT2D eigenvalue weighted by Crippen LogP contribution is -2.46. The zero-order valence-corrected chi connectivity index (χ0v) is 18.8. The minimum Gasteiger partial charge on any atom is -0.382 e. The molecule has 1 unspecified atom stereocenters. The molecule has 0 radical (unpaired) electrons. The number of aryl methyl sites for hydroxylation is 1. The van der Waals surface area contributed by atoms with Crippen molar-refractivity contribution in [1.82, 2.24) is 15.1 Å². The number of aromatic nitrogens is 2. The fourth-order valence-corrected chi connectivity index (χ4v) is 6.87. The van der Waals surface area contributed by atoms with Gasteiger partial charge in [-0.25, -0.2) is 8.78 Å². The Labute approximate surface area is 188 Å². The van der Waals surface area contributed by atoms with E-state index in [1.54, 1.807) is 11.1 Å². The van der Waals surface area contributed by atoms with E-state index in [-0.39, 0.29) is 37.8 Å². The highest BCUT2D eigenvalue weighted by Crippen LogP contribution is 2.47.